The third-order valence-corrected chi connectivity index (χ3v) is 3.28. The molecule has 1 aliphatic rings. The topological polar surface area (TPSA) is 50.3 Å². The van der Waals surface area contributed by atoms with Crippen molar-refractivity contribution in [2.45, 2.75) is 32.9 Å². The third kappa shape index (κ3) is 2.79. The molecule has 0 fully saturated rings. The Balaban J connectivity index is 2.29. The van der Waals surface area contributed by atoms with Gasteiger partial charge in [0.15, 0.2) is 0 Å². The van der Waals surface area contributed by atoms with Crippen molar-refractivity contribution in [3.63, 3.8) is 0 Å². The van der Waals surface area contributed by atoms with Gasteiger partial charge in [-0.15, -0.1) is 0 Å². The lowest BCUT2D eigenvalue weighted by molar-refractivity contribution is 0.203. The van der Waals surface area contributed by atoms with Crippen LogP contribution in [0, 0.1) is 0 Å². The first-order valence-corrected chi connectivity index (χ1v) is 6.53. The van der Waals surface area contributed by atoms with Crippen molar-refractivity contribution < 1.29 is 4.74 Å². The van der Waals surface area contributed by atoms with Gasteiger partial charge in [-0.05, 0) is 13.8 Å². The molecule has 0 saturated carbocycles. The van der Waals surface area contributed by atoms with E-state index in [0.29, 0.717) is 12.6 Å². The summed E-state index contributed by atoms with van der Waals surface area (Å²) in [7, 11) is 1.73. The molecule has 0 spiro atoms. The molecular formula is C13H22N4O. The van der Waals surface area contributed by atoms with Crippen molar-refractivity contribution in [1.82, 2.24) is 15.3 Å². The van der Waals surface area contributed by atoms with Gasteiger partial charge in [-0.3, -0.25) is 0 Å². The van der Waals surface area contributed by atoms with E-state index in [9.17, 15) is 0 Å². The van der Waals surface area contributed by atoms with Gasteiger partial charge in [0.05, 0.1) is 12.3 Å². The van der Waals surface area contributed by atoms with Crippen LogP contribution in [0.3, 0.4) is 0 Å². The average Bonchev–Trinajstić information content (AvgIpc) is 2.39. The zero-order chi connectivity index (χ0) is 13.0. The van der Waals surface area contributed by atoms with Crippen molar-refractivity contribution in [2.75, 3.05) is 31.7 Å². The Bertz CT molecular complexity index is 395. The Morgan fingerprint density at radius 2 is 2.28 bits per heavy atom. The Kier molecular flexibility index (Phi) is 4.49. The molecule has 1 aromatic rings. The van der Waals surface area contributed by atoms with E-state index in [1.54, 1.807) is 13.4 Å². The van der Waals surface area contributed by atoms with Crippen LogP contribution in [0.15, 0.2) is 6.33 Å². The van der Waals surface area contributed by atoms with Crippen LogP contribution in [0.5, 0.6) is 0 Å². The minimum atomic E-state index is 0.404. The zero-order valence-electron chi connectivity index (χ0n) is 11.4. The number of ether oxygens (including phenoxy) is 1. The third-order valence-electron chi connectivity index (χ3n) is 3.28. The molecule has 100 valence electrons. The summed E-state index contributed by atoms with van der Waals surface area (Å²) in [5.41, 5.74) is 2.43. The number of nitrogens with zero attached hydrogens (tertiary/aromatic N) is 3. The number of hydrogen-bond acceptors (Lipinski definition) is 5. The van der Waals surface area contributed by atoms with Gasteiger partial charge in [-0.2, -0.15) is 0 Å². The number of anilines is 1. The fraction of sp³-hybridized carbons (Fsp3) is 0.692. The normalized spacial score (nSPS) is 14.7. The molecule has 0 amide bonds. The highest BCUT2D eigenvalue weighted by Gasteiger charge is 2.20. The largest absolute Gasteiger partial charge is 0.383 e. The smallest absolute Gasteiger partial charge is 0.137 e. The van der Waals surface area contributed by atoms with Crippen molar-refractivity contribution in [2.24, 2.45) is 0 Å². The molecule has 1 aromatic heterocycles. The van der Waals surface area contributed by atoms with Crippen LogP contribution in [-0.4, -0.2) is 42.8 Å². The van der Waals surface area contributed by atoms with Gasteiger partial charge in [-0.25, -0.2) is 9.97 Å². The fourth-order valence-electron chi connectivity index (χ4n) is 2.30. The summed E-state index contributed by atoms with van der Waals surface area (Å²) in [6, 6.07) is 0.404. The summed E-state index contributed by atoms with van der Waals surface area (Å²) >= 11 is 0. The monoisotopic (exact) mass is 250 g/mol. The van der Waals surface area contributed by atoms with Gasteiger partial charge >= 0.3 is 0 Å². The van der Waals surface area contributed by atoms with Crippen molar-refractivity contribution in [1.29, 1.82) is 0 Å². The molecule has 1 aliphatic heterocycles. The zero-order valence-corrected chi connectivity index (χ0v) is 11.4. The molecule has 0 atom stereocenters. The van der Waals surface area contributed by atoms with Crippen molar-refractivity contribution in [3.05, 3.63) is 17.6 Å². The Labute approximate surface area is 109 Å². The molecule has 5 nitrogen and oxygen atoms in total. The molecule has 0 bridgehead atoms. The number of aromatic nitrogens is 2. The van der Waals surface area contributed by atoms with E-state index < -0.39 is 0 Å². The summed E-state index contributed by atoms with van der Waals surface area (Å²) < 4.78 is 5.19. The number of hydrogen-bond donors (Lipinski definition) is 1. The first-order chi connectivity index (χ1) is 8.74. The predicted octanol–water partition coefficient (Wildman–Crippen LogP) is 0.984. The quantitative estimate of drug-likeness (QED) is 0.844. The highest BCUT2D eigenvalue weighted by molar-refractivity contribution is 5.50. The molecule has 2 rings (SSSR count). The maximum Gasteiger partial charge on any atom is 0.137 e. The maximum atomic E-state index is 5.19. The molecule has 0 aromatic carbocycles. The van der Waals surface area contributed by atoms with Gasteiger partial charge in [0.1, 0.15) is 12.1 Å². The van der Waals surface area contributed by atoms with E-state index >= 15 is 0 Å². The molecule has 0 saturated heterocycles. The van der Waals surface area contributed by atoms with E-state index in [1.807, 2.05) is 0 Å². The molecular weight excluding hydrogens is 228 g/mol. The van der Waals surface area contributed by atoms with Gasteiger partial charge < -0.3 is 15.0 Å². The summed E-state index contributed by atoms with van der Waals surface area (Å²) in [4.78, 5) is 11.2. The Morgan fingerprint density at radius 1 is 1.44 bits per heavy atom. The van der Waals surface area contributed by atoms with Crippen LogP contribution in [0.2, 0.25) is 0 Å². The Hall–Kier alpha value is -1.20. The molecule has 18 heavy (non-hydrogen) atoms. The predicted molar refractivity (Wildman–Crippen MR) is 71.8 cm³/mol. The van der Waals surface area contributed by atoms with Crippen LogP contribution in [-0.2, 0) is 17.7 Å². The SMILES string of the molecule is COCCN(c1ncnc2c1CNCC2)C(C)C. The lowest BCUT2D eigenvalue weighted by Gasteiger charge is -2.31. The van der Waals surface area contributed by atoms with Crippen LogP contribution < -0.4 is 10.2 Å². The van der Waals surface area contributed by atoms with Crippen molar-refractivity contribution in [3.8, 4) is 0 Å². The van der Waals surface area contributed by atoms with Crippen LogP contribution >= 0.6 is 0 Å². The second-order valence-electron chi connectivity index (χ2n) is 4.83. The fourth-order valence-corrected chi connectivity index (χ4v) is 2.30. The van der Waals surface area contributed by atoms with Crippen LogP contribution in [0.25, 0.3) is 0 Å². The maximum absolute atomic E-state index is 5.19. The number of nitrogens with one attached hydrogen (secondary N) is 1. The molecule has 0 radical (unpaired) electrons. The summed E-state index contributed by atoms with van der Waals surface area (Å²) in [5, 5.41) is 3.39. The molecule has 5 heteroatoms. The highest BCUT2D eigenvalue weighted by Crippen LogP contribution is 2.23. The van der Waals surface area contributed by atoms with Crippen molar-refractivity contribution >= 4 is 5.82 Å². The second-order valence-corrected chi connectivity index (χ2v) is 4.83. The minimum absolute atomic E-state index is 0.404. The van der Waals surface area contributed by atoms with Crippen LogP contribution in [0.4, 0.5) is 5.82 Å². The van der Waals surface area contributed by atoms with E-state index in [-0.39, 0.29) is 0 Å². The molecule has 0 unspecified atom stereocenters. The summed E-state index contributed by atoms with van der Waals surface area (Å²) in [5.74, 6) is 1.05. The van der Waals surface area contributed by atoms with E-state index in [0.717, 1.165) is 31.9 Å². The van der Waals surface area contributed by atoms with E-state index in [4.69, 9.17) is 4.74 Å². The first kappa shape index (κ1) is 13.2. The number of methoxy groups -OCH3 is 1. The van der Waals surface area contributed by atoms with Gasteiger partial charge in [-0.1, -0.05) is 0 Å². The lowest BCUT2D eigenvalue weighted by atomic mass is 10.1. The lowest BCUT2D eigenvalue weighted by Crippen LogP contribution is -2.37. The summed E-state index contributed by atoms with van der Waals surface area (Å²) in [6.07, 6.45) is 2.67. The number of fused-ring (bicyclic) bond motifs is 1. The number of rotatable bonds is 5. The molecule has 1 N–H and O–H groups in total. The van der Waals surface area contributed by atoms with Gasteiger partial charge in [0.25, 0.3) is 0 Å². The van der Waals surface area contributed by atoms with E-state index in [2.05, 4.69) is 34.0 Å². The second kappa shape index (κ2) is 6.11. The molecule has 2 heterocycles. The Morgan fingerprint density at radius 3 is 3.00 bits per heavy atom. The molecule has 0 aliphatic carbocycles. The van der Waals surface area contributed by atoms with Crippen LogP contribution in [0.1, 0.15) is 25.1 Å². The average molecular weight is 250 g/mol. The minimum Gasteiger partial charge on any atom is -0.383 e. The van der Waals surface area contributed by atoms with Gasteiger partial charge in [0.2, 0.25) is 0 Å². The summed E-state index contributed by atoms with van der Waals surface area (Å²) in [6.45, 7) is 7.80. The first-order valence-electron chi connectivity index (χ1n) is 6.53. The highest BCUT2D eigenvalue weighted by atomic mass is 16.5. The van der Waals surface area contributed by atoms with E-state index in [1.165, 1.54) is 11.3 Å². The standard InChI is InChI=1S/C13H22N4O/c1-10(2)17(6-7-18-3)13-11-8-14-5-4-12(11)15-9-16-13/h9-10,14H,4-8H2,1-3H3. The van der Waals surface area contributed by atoms with Gasteiger partial charge in [0, 0.05) is 44.8 Å².